The standard InChI is InChI=1S/C25H26O6/c1-25(2)30-16-23(31-25)15-29-22-11-8-19-12-17(4-5-20(19)13-22)14-28-21-9-6-18(7-10-21)24(26)27-3/h4-13,23H,14-16H2,1-3H3. The Morgan fingerprint density at radius 2 is 1.68 bits per heavy atom. The maximum Gasteiger partial charge on any atom is 0.337 e. The number of carbonyl (C=O) groups excluding carboxylic acids is 1. The van der Waals surface area contributed by atoms with E-state index in [9.17, 15) is 4.79 Å². The van der Waals surface area contributed by atoms with Gasteiger partial charge in [0.2, 0.25) is 0 Å². The van der Waals surface area contributed by atoms with Crippen molar-refractivity contribution in [2.24, 2.45) is 0 Å². The van der Waals surface area contributed by atoms with Gasteiger partial charge in [0.1, 0.15) is 30.8 Å². The highest BCUT2D eigenvalue weighted by Gasteiger charge is 2.32. The summed E-state index contributed by atoms with van der Waals surface area (Å²) >= 11 is 0. The number of benzene rings is 3. The Morgan fingerprint density at radius 3 is 2.39 bits per heavy atom. The van der Waals surface area contributed by atoms with Gasteiger partial charge < -0.3 is 23.7 Å². The number of rotatable bonds is 7. The van der Waals surface area contributed by atoms with Crippen molar-refractivity contribution in [2.45, 2.75) is 32.3 Å². The topological polar surface area (TPSA) is 63.2 Å². The van der Waals surface area contributed by atoms with Crippen molar-refractivity contribution >= 4 is 16.7 Å². The molecule has 0 aromatic heterocycles. The van der Waals surface area contributed by atoms with Crippen LogP contribution in [0.3, 0.4) is 0 Å². The molecule has 6 nitrogen and oxygen atoms in total. The fraction of sp³-hybridized carbons (Fsp3) is 0.320. The van der Waals surface area contributed by atoms with Crippen LogP contribution in [-0.2, 0) is 20.8 Å². The van der Waals surface area contributed by atoms with E-state index in [1.807, 2.05) is 38.1 Å². The first kappa shape index (κ1) is 21.2. The Kier molecular flexibility index (Phi) is 6.11. The first-order valence-corrected chi connectivity index (χ1v) is 10.2. The fourth-order valence-electron chi connectivity index (χ4n) is 3.46. The van der Waals surface area contributed by atoms with Crippen LogP contribution in [0.2, 0.25) is 0 Å². The maximum absolute atomic E-state index is 11.5. The van der Waals surface area contributed by atoms with Crippen LogP contribution in [0.15, 0.2) is 60.7 Å². The van der Waals surface area contributed by atoms with Crippen LogP contribution in [0.4, 0.5) is 0 Å². The minimum Gasteiger partial charge on any atom is -0.491 e. The van der Waals surface area contributed by atoms with Crippen LogP contribution >= 0.6 is 0 Å². The SMILES string of the molecule is COC(=O)c1ccc(OCc2ccc3cc(OCC4COC(C)(C)O4)ccc3c2)cc1. The fourth-order valence-corrected chi connectivity index (χ4v) is 3.46. The van der Waals surface area contributed by atoms with Crippen LogP contribution in [-0.4, -0.2) is 38.2 Å². The zero-order valence-electron chi connectivity index (χ0n) is 17.9. The third kappa shape index (κ3) is 5.34. The second kappa shape index (κ2) is 8.96. The molecule has 3 aromatic carbocycles. The Morgan fingerprint density at radius 1 is 0.968 bits per heavy atom. The van der Waals surface area contributed by atoms with Crippen molar-refractivity contribution in [3.8, 4) is 11.5 Å². The van der Waals surface area contributed by atoms with Gasteiger partial charge in [-0.15, -0.1) is 0 Å². The quantitative estimate of drug-likeness (QED) is 0.513. The second-order valence-electron chi connectivity index (χ2n) is 7.91. The predicted molar refractivity (Wildman–Crippen MR) is 116 cm³/mol. The summed E-state index contributed by atoms with van der Waals surface area (Å²) in [6.07, 6.45) is -0.0630. The van der Waals surface area contributed by atoms with E-state index in [0.717, 1.165) is 22.1 Å². The summed E-state index contributed by atoms with van der Waals surface area (Å²) < 4.78 is 27.8. The molecule has 1 heterocycles. The lowest BCUT2D eigenvalue weighted by molar-refractivity contribution is -0.141. The van der Waals surface area contributed by atoms with E-state index in [4.69, 9.17) is 23.7 Å². The highest BCUT2D eigenvalue weighted by molar-refractivity contribution is 5.89. The van der Waals surface area contributed by atoms with Crippen molar-refractivity contribution in [1.29, 1.82) is 0 Å². The van der Waals surface area contributed by atoms with Crippen LogP contribution in [0.1, 0.15) is 29.8 Å². The number of hydrogen-bond donors (Lipinski definition) is 0. The summed E-state index contributed by atoms with van der Waals surface area (Å²) in [5.74, 6) is 0.588. The van der Waals surface area contributed by atoms with Crippen LogP contribution in [0.5, 0.6) is 11.5 Å². The molecule has 1 aliphatic rings. The first-order chi connectivity index (χ1) is 14.9. The van der Waals surface area contributed by atoms with E-state index in [1.165, 1.54) is 7.11 Å². The van der Waals surface area contributed by atoms with Gasteiger partial charge in [-0.25, -0.2) is 4.79 Å². The van der Waals surface area contributed by atoms with Gasteiger partial charge in [0, 0.05) is 0 Å². The first-order valence-electron chi connectivity index (χ1n) is 10.2. The van der Waals surface area contributed by atoms with E-state index >= 15 is 0 Å². The molecule has 0 bridgehead atoms. The molecule has 0 amide bonds. The summed E-state index contributed by atoms with van der Waals surface area (Å²) in [6.45, 7) is 5.23. The molecule has 4 rings (SSSR count). The Bertz CT molecular complexity index is 1060. The lowest BCUT2D eigenvalue weighted by Crippen LogP contribution is -2.25. The van der Waals surface area contributed by atoms with Crippen molar-refractivity contribution in [2.75, 3.05) is 20.3 Å². The van der Waals surface area contributed by atoms with Gasteiger partial charge in [-0.2, -0.15) is 0 Å². The highest BCUT2D eigenvalue weighted by Crippen LogP contribution is 2.26. The van der Waals surface area contributed by atoms with Gasteiger partial charge >= 0.3 is 5.97 Å². The molecule has 1 atom stereocenters. The van der Waals surface area contributed by atoms with E-state index < -0.39 is 5.79 Å². The molecule has 1 unspecified atom stereocenters. The van der Waals surface area contributed by atoms with Crippen molar-refractivity contribution in [1.82, 2.24) is 0 Å². The number of fused-ring (bicyclic) bond motifs is 1. The average molecular weight is 422 g/mol. The van der Waals surface area contributed by atoms with Crippen molar-refractivity contribution < 1.29 is 28.5 Å². The minimum absolute atomic E-state index is 0.0630. The van der Waals surface area contributed by atoms with Crippen LogP contribution in [0.25, 0.3) is 10.8 Å². The lowest BCUT2D eigenvalue weighted by atomic mass is 10.1. The molecule has 0 N–H and O–H groups in total. The zero-order valence-corrected chi connectivity index (χ0v) is 17.9. The highest BCUT2D eigenvalue weighted by atomic mass is 16.7. The van der Waals surface area contributed by atoms with Gasteiger partial charge in [0.25, 0.3) is 0 Å². The Balaban J connectivity index is 1.35. The number of carbonyl (C=O) groups is 1. The summed E-state index contributed by atoms with van der Waals surface area (Å²) in [7, 11) is 1.36. The third-order valence-electron chi connectivity index (χ3n) is 5.06. The molecule has 0 radical (unpaired) electrons. The molecule has 1 aliphatic heterocycles. The number of ether oxygens (including phenoxy) is 5. The van der Waals surface area contributed by atoms with Crippen LogP contribution in [0, 0.1) is 0 Å². The number of esters is 1. The van der Waals surface area contributed by atoms with E-state index in [0.29, 0.717) is 31.1 Å². The summed E-state index contributed by atoms with van der Waals surface area (Å²) in [6, 6.07) is 19.1. The van der Waals surface area contributed by atoms with Gasteiger partial charge in [-0.3, -0.25) is 0 Å². The smallest absolute Gasteiger partial charge is 0.337 e. The van der Waals surface area contributed by atoms with E-state index in [1.54, 1.807) is 24.3 Å². The van der Waals surface area contributed by atoms with Gasteiger partial charge in [-0.05, 0) is 72.6 Å². The molecule has 162 valence electrons. The summed E-state index contributed by atoms with van der Waals surface area (Å²) in [4.78, 5) is 11.5. The van der Waals surface area contributed by atoms with E-state index in [2.05, 4.69) is 12.1 Å². The molecule has 6 heteroatoms. The monoisotopic (exact) mass is 422 g/mol. The summed E-state index contributed by atoms with van der Waals surface area (Å²) in [5.41, 5.74) is 1.55. The average Bonchev–Trinajstić information content (AvgIpc) is 3.14. The minimum atomic E-state index is -0.542. The molecule has 3 aromatic rings. The Labute approximate surface area is 181 Å². The molecular weight excluding hydrogens is 396 g/mol. The maximum atomic E-state index is 11.5. The normalized spacial score (nSPS) is 17.5. The van der Waals surface area contributed by atoms with Crippen molar-refractivity contribution in [3.63, 3.8) is 0 Å². The van der Waals surface area contributed by atoms with Gasteiger partial charge in [-0.1, -0.05) is 18.2 Å². The number of methoxy groups -OCH3 is 1. The third-order valence-corrected chi connectivity index (χ3v) is 5.06. The van der Waals surface area contributed by atoms with Gasteiger partial charge in [0.05, 0.1) is 19.3 Å². The molecule has 31 heavy (non-hydrogen) atoms. The summed E-state index contributed by atoms with van der Waals surface area (Å²) in [5, 5.41) is 2.20. The largest absolute Gasteiger partial charge is 0.491 e. The molecular formula is C25H26O6. The lowest BCUT2D eigenvalue weighted by Gasteiger charge is -2.17. The zero-order chi connectivity index (χ0) is 21.8. The van der Waals surface area contributed by atoms with E-state index in [-0.39, 0.29) is 12.1 Å². The van der Waals surface area contributed by atoms with Crippen molar-refractivity contribution in [3.05, 3.63) is 71.8 Å². The molecule has 0 spiro atoms. The Hall–Kier alpha value is -3.09. The second-order valence-corrected chi connectivity index (χ2v) is 7.91. The molecule has 1 saturated heterocycles. The molecule has 0 aliphatic carbocycles. The predicted octanol–water partition coefficient (Wildman–Crippen LogP) is 4.74. The van der Waals surface area contributed by atoms with Gasteiger partial charge in [0.15, 0.2) is 5.79 Å². The molecule has 0 saturated carbocycles. The molecule has 1 fully saturated rings. The number of hydrogen-bond acceptors (Lipinski definition) is 6. The van der Waals surface area contributed by atoms with Crippen LogP contribution < -0.4 is 9.47 Å².